The third-order valence-electron chi connectivity index (χ3n) is 4.58. The zero-order valence-electron chi connectivity index (χ0n) is 17.2. The number of fused-ring (bicyclic) bond motifs is 1. The second-order valence-corrected chi connectivity index (χ2v) is 7.44. The van der Waals surface area contributed by atoms with Gasteiger partial charge in [-0.3, -0.25) is 9.59 Å². The van der Waals surface area contributed by atoms with E-state index in [1.807, 2.05) is 68.4 Å². The number of nitrogens with one attached hydrogen (secondary N) is 1. The zero-order valence-corrected chi connectivity index (χ0v) is 17.2. The summed E-state index contributed by atoms with van der Waals surface area (Å²) in [6.45, 7) is 10.9. The van der Waals surface area contributed by atoms with E-state index in [1.54, 1.807) is 0 Å². The number of amides is 2. The van der Waals surface area contributed by atoms with Crippen molar-refractivity contribution in [2.24, 2.45) is 0 Å². The molecule has 1 aromatic carbocycles. The number of nitrogens with zero attached hydrogens (tertiary/aromatic N) is 3. The van der Waals surface area contributed by atoms with Gasteiger partial charge in [0.1, 0.15) is 12.4 Å². The van der Waals surface area contributed by atoms with Crippen LogP contribution in [0.3, 0.4) is 0 Å². The minimum atomic E-state index is 0.0574. The number of benzene rings is 1. The first-order chi connectivity index (χ1) is 12.8. The summed E-state index contributed by atoms with van der Waals surface area (Å²) in [6.07, 6.45) is 1.96. The van der Waals surface area contributed by atoms with E-state index in [2.05, 4.69) is 5.32 Å². The van der Waals surface area contributed by atoms with Gasteiger partial charge in [-0.15, -0.1) is 0 Å². The number of hydrogen-bond donors (Lipinski definition) is 1. The molecule has 0 unspecified atom stereocenters. The summed E-state index contributed by atoms with van der Waals surface area (Å²) in [5.74, 6) is 0.968. The van der Waals surface area contributed by atoms with Gasteiger partial charge in [0.05, 0.1) is 11.0 Å². The van der Waals surface area contributed by atoms with Crippen molar-refractivity contribution in [1.82, 2.24) is 19.8 Å². The molecule has 1 aromatic heterocycles. The summed E-state index contributed by atoms with van der Waals surface area (Å²) in [5.41, 5.74) is 1.83. The Balaban J connectivity index is 2.23. The molecule has 148 valence electrons. The smallest absolute Gasteiger partial charge is 0.243 e. The highest BCUT2D eigenvalue weighted by Crippen LogP contribution is 2.18. The van der Waals surface area contributed by atoms with Crippen LogP contribution in [0.15, 0.2) is 24.3 Å². The molecule has 1 heterocycles. The normalized spacial score (nSPS) is 11.4. The number of para-hydroxylation sites is 2. The predicted molar refractivity (Wildman–Crippen MR) is 108 cm³/mol. The molecular formula is C21H32N4O2. The van der Waals surface area contributed by atoms with Crippen molar-refractivity contribution < 1.29 is 9.59 Å². The Morgan fingerprint density at radius 1 is 1.15 bits per heavy atom. The molecule has 0 saturated heterocycles. The molecule has 0 radical (unpaired) electrons. The van der Waals surface area contributed by atoms with Gasteiger partial charge in [0.15, 0.2) is 0 Å². The third kappa shape index (κ3) is 5.31. The molecule has 2 aromatic rings. The standard InChI is InChI=1S/C21H32N4O2/c1-6-9-20(26)22-13-12-19-23-17-10-7-8-11-18(17)24(19)14-21(27)25(15(2)3)16(4)5/h7-8,10-11,15-16H,6,9,12-14H2,1-5H3,(H,22,26). The highest BCUT2D eigenvalue weighted by Gasteiger charge is 2.22. The third-order valence-corrected chi connectivity index (χ3v) is 4.58. The quantitative estimate of drug-likeness (QED) is 0.735. The van der Waals surface area contributed by atoms with Gasteiger partial charge in [0, 0.05) is 31.5 Å². The van der Waals surface area contributed by atoms with Crippen LogP contribution in [-0.4, -0.2) is 44.9 Å². The zero-order chi connectivity index (χ0) is 20.0. The fourth-order valence-electron chi connectivity index (χ4n) is 3.51. The van der Waals surface area contributed by atoms with Gasteiger partial charge in [-0.05, 0) is 46.2 Å². The lowest BCUT2D eigenvalue weighted by Crippen LogP contribution is -2.43. The lowest BCUT2D eigenvalue weighted by atomic mass is 10.2. The molecule has 0 saturated carbocycles. The van der Waals surface area contributed by atoms with Gasteiger partial charge in [-0.25, -0.2) is 4.98 Å². The van der Waals surface area contributed by atoms with Crippen LogP contribution in [0.25, 0.3) is 11.0 Å². The van der Waals surface area contributed by atoms with Gasteiger partial charge in [0.2, 0.25) is 11.8 Å². The van der Waals surface area contributed by atoms with Crippen LogP contribution < -0.4 is 5.32 Å². The second kappa shape index (κ2) is 9.53. The van der Waals surface area contributed by atoms with Crippen molar-refractivity contribution in [1.29, 1.82) is 0 Å². The first kappa shape index (κ1) is 20.9. The van der Waals surface area contributed by atoms with Crippen molar-refractivity contribution in [3.63, 3.8) is 0 Å². The maximum Gasteiger partial charge on any atom is 0.243 e. The predicted octanol–water partition coefficient (Wildman–Crippen LogP) is 3.14. The van der Waals surface area contributed by atoms with E-state index in [0.29, 0.717) is 19.4 Å². The summed E-state index contributed by atoms with van der Waals surface area (Å²) in [4.78, 5) is 31.3. The summed E-state index contributed by atoms with van der Waals surface area (Å²) < 4.78 is 1.99. The molecule has 0 bridgehead atoms. The average molecular weight is 373 g/mol. The van der Waals surface area contributed by atoms with E-state index in [0.717, 1.165) is 23.3 Å². The van der Waals surface area contributed by atoms with Gasteiger partial charge >= 0.3 is 0 Å². The van der Waals surface area contributed by atoms with Crippen molar-refractivity contribution in [2.45, 2.75) is 72.5 Å². The molecule has 0 aliphatic carbocycles. The Labute approximate surface area is 161 Å². The number of carbonyl (C=O) groups excluding carboxylic acids is 2. The average Bonchev–Trinajstić information content (AvgIpc) is 2.92. The van der Waals surface area contributed by atoms with Crippen LogP contribution in [0.5, 0.6) is 0 Å². The summed E-state index contributed by atoms with van der Waals surface area (Å²) in [6, 6.07) is 8.14. The maximum absolute atomic E-state index is 13.0. The summed E-state index contributed by atoms with van der Waals surface area (Å²) in [7, 11) is 0. The molecule has 2 rings (SSSR count). The molecule has 1 N–H and O–H groups in total. The molecule has 27 heavy (non-hydrogen) atoms. The number of aromatic nitrogens is 2. The van der Waals surface area contributed by atoms with Crippen LogP contribution in [0.1, 0.15) is 53.3 Å². The Kier molecular flexibility index (Phi) is 7.39. The van der Waals surface area contributed by atoms with Crippen LogP contribution in [0.4, 0.5) is 0 Å². The van der Waals surface area contributed by atoms with Gasteiger partial charge in [-0.2, -0.15) is 0 Å². The second-order valence-electron chi connectivity index (χ2n) is 7.44. The van der Waals surface area contributed by atoms with Crippen molar-refractivity contribution >= 4 is 22.8 Å². The van der Waals surface area contributed by atoms with E-state index in [-0.39, 0.29) is 30.4 Å². The number of carbonyl (C=O) groups is 2. The minimum Gasteiger partial charge on any atom is -0.356 e. The molecule has 0 spiro atoms. The summed E-state index contributed by atoms with van der Waals surface area (Å²) in [5, 5.41) is 2.93. The van der Waals surface area contributed by atoms with Crippen LogP contribution in [0, 0.1) is 0 Å². The van der Waals surface area contributed by atoms with Gasteiger partial charge in [0.25, 0.3) is 0 Å². The Bertz CT molecular complexity index is 772. The molecule has 0 aliphatic rings. The fraction of sp³-hybridized carbons (Fsp3) is 0.571. The summed E-state index contributed by atoms with van der Waals surface area (Å²) >= 11 is 0. The molecule has 6 nitrogen and oxygen atoms in total. The Hall–Kier alpha value is -2.37. The number of hydrogen-bond acceptors (Lipinski definition) is 3. The molecule has 0 fully saturated rings. The van der Waals surface area contributed by atoms with E-state index < -0.39 is 0 Å². The molecular weight excluding hydrogens is 340 g/mol. The SMILES string of the molecule is CCCC(=O)NCCc1nc2ccccc2n1CC(=O)N(C(C)C)C(C)C. The first-order valence-electron chi connectivity index (χ1n) is 9.87. The highest BCUT2D eigenvalue weighted by atomic mass is 16.2. The maximum atomic E-state index is 13.0. The van der Waals surface area contributed by atoms with E-state index >= 15 is 0 Å². The first-order valence-corrected chi connectivity index (χ1v) is 9.87. The molecule has 0 atom stereocenters. The fourth-order valence-corrected chi connectivity index (χ4v) is 3.51. The van der Waals surface area contributed by atoms with Crippen molar-refractivity contribution in [3.8, 4) is 0 Å². The lowest BCUT2D eigenvalue weighted by Gasteiger charge is -2.31. The lowest BCUT2D eigenvalue weighted by molar-refractivity contribution is -0.135. The van der Waals surface area contributed by atoms with Crippen molar-refractivity contribution in [3.05, 3.63) is 30.1 Å². The van der Waals surface area contributed by atoms with Crippen LogP contribution in [0.2, 0.25) is 0 Å². The van der Waals surface area contributed by atoms with Crippen LogP contribution in [-0.2, 0) is 22.6 Å². The molecule has 0 aliphatic heterocycles. The van der Waals surface area contributed by atoms with Crippen molar-refractivity contribution in [2.75, 3.05) is 6.54 Å². The Morgan fingerprint density at radius 3 is 2.44 bits per heavy atom. The monoisotopic (exact) mass is 372 g/mol. The van der Waals surface area contributed by atoms with E-state index in [4.69, 9.17) is 4.98 Å². The molecule has 6 heteroatoms. The molecule has 2 amide bonds. The van der Waals surface area contributed by atoms with E-state index in [9.17, 15) is 9.59 Å². The van der Waals surface area contributed by atoms with E-state index in [1.165, 1.54) is 0 Å². The highest BCUT2D eigenvalue weighted by molar-refractivity contribution is 5.81. The largest absolute Gasteiger partial charge is 0.356 e. The minimum absolute atomic E-state index is 0.0574. The van der Waals surface area contributed by atoms with Crippen LogP contribution >= 0.6 is 0 Å². The Morgan fingerprint density at radius 2 is 1.81 bits per heavy atom. The van der Waals surface area contributed by atoms with Gasteiger partial charge < -0.3 is 14.8 Å². The van der Waals surface area contributed by atoms with Gasteiger partial charge in [-0.1, -0.05) is 19.1 Å². The number of rotatable bonds is 9. The topological polar surface area (TPSA) is 67.2 Å². The number of imidazole rings is 1.